The van der Waals surface area contributed by atoms with Crippen LogP contribution in [0.25, 0.3) is 0 Å². The molecule has 0 unspecified atom stereocenters. The van der Waals surface area contributed by atoms with Gasteiger partial charge in [0.15, 0.2) is 0 Å². The maximum Gasteiger partial charge on any atom is 0.328 e. The summed E-state index contributed by atoms with van der Waals surface area (Å²) in [7, 11) is 0. The molecule has 0 bridgehead atoms. The second-order valence-corrected chi connectivity index (χ2v) is 6.88. The summed E-state index contributed by atoms with van der Waals surface area (Å²) < 4.78 is 2.16. The van der Waals surface area contributed by atoms with Crippen molar-refractivity contribution < 1.29 is 14.7 Å². The predicted molar refractivity (Wildman–Crippen MR) is 83.4 cm³/mol. The Morgan fingerprint density at radius 2 is 1.63 bits per heavy atom. The van der Waals surface area contributed by atoms with E-state index >= 15 is 0 Å². The van der Waals surface area contributed by atoms with E-state index in [0.717, 1.165) is 4.47 Å². The number of hydrogen-bond acceptors (Lipinski definition) is 2. The molecule has 5 nitrogen and oxygen atoms in total. The van der Waals surface area contributed by atoms with Gasteiger partial charge in [-0.05, 0) is 57.8 Å². The predicted octanol–water partition coefficient (Wildman–Crippen LogP) is 3.96. The number of carboxylic acids is 1. The van der Waals surface area contributed by atoms with Gasteiger partial charge in [-0.1, -0.05) is 15.9 Å². The first-order valence-electron chi connectivity index (χ1n) is 5.10. The summed E-state index contributed by atoms with van der Waals surface area (Å²) >= 11 is 9.95. The number of carbonyl (C=O) groups is 2. The van der Waals surface area contributed by atoms with Crippen LogP contribution in [-0.2, 0) is 4.79 Å². The average Bonchev–Trinajstić information content (AvgIpc) is 2.22. The third-order valence-electron chi connectivity index (χ3n) is 2.21. The zero-order chi connectivity index (χ0) is 14.8. The lowest BCUT2D eigenvalue weighted by Crippen LogP contribution is -2.51. The Hall–Kier alpha value is -0.600. The molecule has 1 aromatic rings. The fourth-order valence-electron chi connectivity index (χ4n) is 1.14. The van der Waals surface area contributed by atoms with Crippen molar-refractivity contribution in [2.75, 3.05) is 5.32 Å². The standard InChI is InChI=1S/C11H11Br3N2O3/c1-11(2,9(17)18)16-10(19)15-8-6(13)3-5(12)4-7(8)14/h3-4H,1-2H3,(H,17,18)(H2,15,16,19). The third-order valence-corrected chi connectivity index (χ3v) is 3.91. The van der Waals surface area contributed by atoms with Gasteiger partial charge in [0.1, 0.15) is 5.54 Å². The smallest absolute Gasteiger partial charge is 0.328 e. The van der Waals surface area contributed by atoms with Crippen molar-refractivity contribution in [3.63, 3.8) is 0 Å². The Labute approximate surface area is 135 Å². The summed E-state index contributed by atoms with van der Waals surface area (Å²) in [5, 5.41) is 13.9. The van der Waals surface area contributed by atoms with E-state index in [-0.39, 0.29) is 0 Å². The van der Waals surface area contributed by atoms with E-state index < -0.39 is 17.5 Å². The van der Waals surface area contributed by atoms with E-state index in [4.69, 9.17) is 5.11 Å². The molecule has 8 heteroatoms. The number of halogens is 3. The van der Waals surface area contributed by atoms with Gasteiger partial charge in [0, 0.05) is 13.4 Å². The number of hydrogen-bond donors (Lipinski definition) is 3. The molecule has 0 atom stereocenters. The highest BCUT2D eigenvalue weighted by Gasteiger charge is 2.29. The van der Waals surface area contributed by atoms with Crippen LogP contribution in [0.2, 0.25) is 0 Å². The number of nitrogens with one attached hydrogen (secondary N) is 2. The molecule has 2 amide bonds. The molecular weight excluding hydrogens is 448 g/mol. The van der Waals surface area contributed by atoms with Gasteiger partial charge in [-0.2, -0.15) is 0 Å². The molecule has 0 aromatic heterocycles. The number of urea groups is 1. The monoisotopic (exact) mass is 456 g/mol. The number of carboxylic acid groups (broad SMARTS) is 1. The van der Waals surface area contributed by atoms with Crippen molar-refractivity contribution in [2.24, 2.45) is 0 Å². The minimum absolute atomic E-state index is 0.516. The molecule has 0 spiro atoms. The van der Waals surface area contributed by atoms with Crippen LogP contribution < -0.4 is 10.6 Å². The lowest BCUT2D eigenvalue weighted by molar-refractivity contribution is -0.142. The Morgan fingerprint density at radius 3 is 2.05 bits per heavy atom. The number of anilines is 1. The van der Waals surface area contributed by atoms with Crippen LogP contribution in [0.3, 0.4) is 0 Å². The summed E-state index contributed by atoms with van der Waals surface area (Å²) in [6, 6.07) is 2.93. The molecule has 1 aromatic carbocycles. The summed E-state index contributed by atoms with van der Waals surface area (Å²) in [5.74, 6) is -1.11. The second-order valence-electron chi connectivity index (χ2n) is 4.25. The number of aliphatic carboxylic acids is 1. The molecule has 0 heterocycles. The van der Waals surface area contributed by atoms with E-state index in [9.17, 15) is 9.59 Å². The topological polar surface area (TPSA) is 78.4 Å². The number of carbonyl (C=O) groups excluding carboxylic acids is 1. The first-order chi connectivity index (χ1) is 8.63. The van der Waals surface area contributed by atoms with E-state index in [1.165, 1.54) is 13.8 Å². The van der Waals surface area contributed by atoms with Crippen LogP contribution in [0.4, 0.5) is 10.5 Å². The van der Waals surface area contributed by atoms with Crippen molar-refractivity contribution in [1.29, 1.82) is 0 Å². The van der Waals surface area contributed by atoms with Crippen LogP contribution in [0.15, 0.2) is 25.6 Å². The highest BCUT2D eigenvalue weighted by atomic mass is 79.9. The molecule has 0 radical (unpaired) electrons. The summed E-state index contributed by atoms with van der Waals surface area (Å²) in [5.41, 5.74) is -0.833. The summed E-state index contributed by atoms with van der Waals surface area (Å²) in [6.07, 6.45) is 0. The van der Waals surface area contributed by atoms with Gasteiger partial charge in [0.25, 0.3) is 0 Å². The highest BCUT2D eigenvalue weighted by molar-refractivity contribution is 9.11. The van der Waals surface area contributed by atoms with Gasteiger partial charge < -0.3 is 15.7 Å². The summed E-state index contributed by atoms with van der Waals surface area (Å²) in [4.78, 5) is 22.7. The quantitative estimate of drug-likeness (QED) is 0.641. The fraction of sp³-hybridized carbons (Fsp3) is 0.273. The molecular formula is C11H11Br3N2O3. The molecule has 1 rings (SSSR count). The SMILES string of the molecule is CC(C)(NC(=O)Nc1c(Br)cc(Br)cc1Br)C(=O)O. The molecule has 104 valence electrons. The fourth-order valence-corrected chi connectivity index (χ4v) is 3.60. The van der Waals surface area contributed by atoms with Crippen molar-refractivity contribution in [3.05, 3.63) is 25.6 Å². The van der Waals surface area contributed by atoms with Gasteiger partial charge in [-0.25, -0.2) is 9.59 Å². The lowest BCUT2D eigenvalue weighted by Gasteiger charge is -2.21. The van der Waals surface area contributed by atoms with Gasteiger partial charge in [0.2, 0.25) is 0 Å². The normalized spacial score (nSPS) is 11.0. The minimum Gasteiger partial charge on any atom is -0.480 e. The zero-order valence-electron chi connectivity index (χ0n) is 10.1. The van der Waals surface area contributed by atoms with E-state index in [0.29, 0.717) is 14.6 Å². The molecule has 0 aliphatic heterocycles. The molecule has 0 aliphatic carbocycles. The van der Waals surface area contributed by atoms with Gasteiger partial charge >= 0.3 is 12.0 Å². The van der Waals surface area contributed by atoms with E-state index in [1.54, 1.807) is 12.1 Å². The van der Waals surface area contributed by atoms with Crippen LogP contribution in [-0.4, -0.2) is 22.6 Å². The largest absolute Gasteiger partial charge is 0.480 e. The van der Waals surface area contributed by atoms with Gasteiger partial charge in [-0.15, -0.1) is 0 Å². The molecule has 0 fully saturated rings. The zero-order valence-corrected chi connectivity index (χ0v) is 14.8. The maximum atomic E-state index is 11.8. The van der Waals surface area contributed by atoms with Crippen LogP contribution in [0, 0.1) is 0 Å². The Morgan fingerprint density at radius 1 is 1.16 bits per heavy atom. The Balaban J connectivity index is 2.87. The van der Waals surface area contributed by atoms with Crippen molar-refractivity contribution in [2.45, 2.75) is 19.4 Å². The third kappa shape index (κ3) is 4.47. The molecule has 19 heavy (non-hydrogen) atoms. The van der Waals surface area contributed by atoms with Crippen molar-refractivity contribution >= 4 is 65.5 Å². The second kappa shape index (κ2) is 6.23. The molecule has 0 saturated heterocycles. The van der Waals surface area contributed by atoms with Crippen LogP contribution in [0.1, 0.15) is 13.8 Å². The number of amides is 2. The van der Waals surface area contributed by atoms with Crippen LogP contribution >= 0.6 is 47.8 Å². The Kier molecular flexibility index (Phi) is 5.40. The van der Waals surface area contributed by atoms with Gasteiger partial charge in [-0.3, -0.25) is 0 Å². The minimum atomic E-state index is -1.35. The average molecular weight is 459 g/mol. The summed E-state index contributed by atoms with van der Waals surface area (Å²) in [6.45, 7) is 2.81. The van der Waals surface area contributed by atoms with E-state index in [2.05, 4.69) is 58.4 Å². The maximum absolute atomic E-state index is 11.8. The van der Waals surface area contributed by atoms with E-state index in [1.807, 2.05) is 0 Å². The van der Waals surface area contributed by atoms with Crippen LogP contribution in [0.5, 0.6) is 0 Å². The lowest BCUT2D eigenvalue weighted by atomic mass is 10.1. The molecule has 3 N–H and O–H groups in total. The Bertz CT molecular complexity index is 509. The number of benzene rings is 1. The molecule has 0 aliphatic rings. The first-order valence-corrected chi connectivity index (χ1v) is 7.48. The first kappa shape index (κ1) is 16.5. The van der Waals surface area contributed by atoms with Gasteiger partial charge in [0.05, 0.1) is 5.69 Å². The van der Waals surface area contributed by atoms with Crippen molar-refractivity contribution in [1.82, 2.24) is 5.32 Å². The molecule has 0 saturated carbocycles. The highest BCUT2D eigenvalue weighted by Crippen LogP contribution is 2.34. The number of rotatable bonds is 3. The van der Waals surface area contributed by atoms with Crippen molar-refractivity contribution in [3.8, 4) is 0 Å².